The van der Waals surface area contributed by atoms with Crippen LogP contribution in [-0.4, -0.2) is 9.55 Å². The van der Waals surface area contributed by atoms with Gasteiger partial charge in [0.1, 0.15) is 5.82 Å². The predicted octanol–water partition coefficient (Wildman–Crippen LogP) is 17.3. The molecule has 3 aliphatic rings. The van der Waals surface area contributed by atoms with Crippen molar-refractivity contribution in [2.24, 2.45) is 0 Å². The first-order valence-electron chi connectivity index (χ1n) is 24.5. The Balaban J connectivity index is 0.00000525. The van der Waals surface area contributed by atoms with Gasteiger partial charge in [-0.05, 0) is 98.9 Å². The van der Waals surface area contributed by atoms with Gasteiger partial charge in [0.2, 0.25) is 11.4 Å². The molecule has 1 saturated heterocycles. The normalized spacial score (nSPS) is 19.1. The molecule has 1 unspecified atom stereocenters. The molecule has 0 spiro atoms. The van der Waals surface area contributed by atoms with Crippen molar-refractivity contribution in [3.8, 4) is 28.4 Å². The van der Waals surface area contributed by atoms with Crippen LogP contribution in [0, 0.1) is 18.8 Å². The third-order valence-corrected chi connectivity index (χ3v) is 15.0. The Bertz CT molecular complexity index is 3160. The van der Waals surface area contributed by atoms with E-state index in [-0.39, 0.29) is 26.5 Å². The smallest absolute Gasteiger partial charge is 0.225 e. The number of hydrogen-bond donors (Lipinski definition) is 0. The minimum atomic E-state index is -0.0284. The third-order valence-electron chi connectivity index (χ3n) is 15.0. The molecule has 6 heteroatoms. The van der Waals surface area contributed by atoms with E-state index >= 15 is 0 Å². The zero-order valence-electron chi connectivity index (χ0n) is 40.6. The van der Waals surface area contributed by atoms with E-state index in [4.69, 9.17) is 9.72 Å². The Labute approximate surface area is 412 Å². The van der Waals surface area contributed by atoms with Crippen LogP contribution in [0.5, 0.6) is 11.5 Å². The minimum absolute atomic E-state index is 0. The molecule has 344 valence electrons. The van der Waals surface area contributed by atoms with Crippen LogP contribution in [0.3, 0.4) is 0 Å². The largest absolute Gasteiger partial charge is 0.509 e. The Morgan fingerprint density at radius 3 is 2.07 bits per heavy atom. The van der Waals surface area contributed by atoms with Gasteiger partial charge < -0.3 is 9.30 Å². The second kappa shape index (κ2) is 17.0. The summed E-state index contributed by atoms with van der Waals surface area (Å²) in [5.41, 5.74) is 16.3. The summed E-state index contributed by atoms with van der Waals surface area (Å²) in [5.74, 6) is 3.87. The molecule has 2 aliphatic heterocycles. The summed E-state index contributed by atoms with van der Waals surface area (Å²) in [6.45, 7) is 23.2. The number of pyridine rings is 1. The number of rotatable bonds is 10. The van der Waals surface area contributed by atoms with Crippen molar-refractivity contribution in [3.63, 3.8) is 0 Å². The van der Waals surface area contributed by atoms with Gasteiger partial charge in [0.05, 0.1) is 5.69 Å². The summed E-state index contributed by atoms with van der Waals surface area (Å²) in [4.78, 5) is 4.95. The second-order valence-corrected chi connectivity index (χ2v) is 21.3. The average molecular weight is 1060 g/mol. The van der Waals surface area contributed by atoms with E-state index in [0.717, 1.165) is 38.9 Å². The molecule has 1 saturated carbocycles. The molecule has 2 atom stereocenters. The molecular formula is C61H63N4OPt-. The van der Waals surface area contributed by atoms with Crippen LogP contribution < -0.4 is 13.9 Å². The second-order valence-electron chi connectivity index (χ2n) is 21.3. The van der Waals surface area contributed by atoms with E-state index < -0.39 is 0 Å². The molecule has 4 heterocycles. The van der Waals surface area contributed by atoms with E-state index in [0.29, 0.717) is 44.4 Å². The zero-order valence-corrected chi connectivity index (χ0v) is 42.8. The maximum atomic E-state index is 7.15. The monoisotopic (exact) mass is 1060 g/mol. The first-order chi connectivity index (χ1) is 31.8. The molecule has 0 radical (unpaired) electrons. The fraction of sp³-hybridized carbons (Fsp3) is 0.311. The summed E-state index contributed by atoms with van der Waals surface area (Å²) >= 11 is 0. The van der Waals surface area contributed by atoms with Gasteiger partial charge in [-0.2, -0.15) is 10.7 Å². The standard InChI is InChI=1S/C61H63N4O.Pt/c1-39(2)44-33-53(40(3)4)60(54(34-44)41(5)6)45-31-48(65-38-64(65,57-24-15-16-25-58(57)65)47-21-17-20-43(30-47)42-18-11-10-12-19-42)36-50(32-45)66-49-26-27-52-51-22-13-14-23-55(51)63(56(52)37-49)59-35-46(28-29-62-59)61(7,8)9;/h13-17,20-35,38-42H,10-12,18-19H2,1-9H3;/q-1;/t64-,65?;/m0./s1. The zero-order chi connectivity index (χ0) is 45.7. The molecule has 0 bridgehead atoms. The number of hydrogen-bond acceptors (Lipinski definition) is 2. The first kappa shape index (κ1) is 45.5. The summed E-state index contributed by atoms with van der Waals surface area (Å²) in [5, 5.41) is 2.27. The molecular weight excluding hydrogens is 1000 g/mol. The summed E-state index contributed by atoms with van der Waals surface area (Å²) in [6, 6.07) is 53.0. The number of nitrogens with zero attached hydrogens (tertiary/aromatic N) is 4. The van der Waals surface area contributed by atoms with Crippen molar-refractivity contribution in [3.05, 3.63) is 174 Å². The molecule has 0 amide bonds. The van der Waals surface area contributed by atoms with E-state index in [1.54, 1.807) is 0 Å². The van der Waals surface area contributed by atoms with Crippen molar-refractivity contribution in [2.75, 3.05) is 0 Å². The molecule has 6 aromatic carbocycles. The van der Waals surface area contributed by atoms with Crippen LogP contribution in [0.25, 0.3) is 38.8 Å². The van der Waals surface area contributed by atoms with Gasteiger partial charge in [-0.15, -0.1) is 29.1 Å². The SMILES string of the molecule is CC(C)c1cc(C(C)C)c(-c2cc(Oc3[c-]c4c(cc3)c3ccccc3n4-c3cc(C(C)(C)C)ccn3)[c-]c([N+]34[CH-][N@+]3(c3cccc(C5CCCCC5)c3)c3ccccc34)c2)c(C(C)C)c1.[Pt]. The summed E-state index contributed by atoms with van der Waals surface area (Å²) in [6.07, 6.45) is 8.46. The van der Waals surface area contributed by atoms with Crippen LogP contribution in [0.2, 0.25) is 0 Å². The molecule has 67 heavy (non-hydrogen) atoms. The van der Waals surface area contributed by atoms with Crippen LogP contribution in [0.1, 0.15) is 146 Å². The molecule has 2 aromatic heterocycles. The van der Waals surface area contributed by atoms with Crippen LogP contribution in [0.15, 0.2) is 128 Å². The Morgan fingerprint density at radius 1 is 0.672 bits per heavy atom. The van der Waals surface area contributed by atoms with Gasteiger partial charge in [-0.3, -0.25) is 0 Å². The van der Waals surface area contributed by atoms with Gasteiger partial charge in [-0.25, -0.2) is 9.58 Å². The van der Waals surface area contributed by atoms with E-state index in [1.807, 2.05) is 6.20 Å². The van der Waals surface area contributed by atoms with E-state index in [1.165, 1.54) is 82.5 Å². The van der Waals surface area contributed by atoms with Crippen LogP contribution >= 0.6 is 0 Å². The summed E-state index contributed by atoms with van der Waals surface area (Å²) < 4.78 is 10.6. The number of fused-ring (bicyclic) bond motifs is 7. The minimum Gasteiger partial charge on any atom is -0.509 e. The van der Waals surface area contributed by atoms with Crippen molar-refractivity contribution in [2.45, 2.75) is 124 Å². The number of ether oxygens (including phenoxy) is 1. The Hall–Kier alpha value is -5.32. The van der Waals surface area contributed by atoms with Crippen molar-refractivity contribution >= 4 is 44.6 Å². The number of quaternary nitrogens is 2. The van der Waals surface area contributed by atoms with Crippen LogP contribution in [0.4, 0.5) is 22.7 Å². The average Bonchev–Trinajstić information content (AvgIpc) is 3.81. The van der Waals surface area contributed by atoms with Crippen molar-refractivity contribution in [1.82, 2.24) is 18.7 Å². The molecule has 1 aliphatic carbocycles. The molecule has 2 fully saturated rings. The molecule has 8 aromatic rings. The van der Waals surface area contributed by atoms with Gasteiger partial charge in [0, 0.05) is 68.5 Å². The first-order valence-corrected chi connectivity index (χ1v) is 24.5. The molecule has 0 N–H and O–H groups in total. The van der Waals surface area contributed by atoms with Crippen molar-refractivity contribution < 1.29 is 25.8 Å². The van der Waals surface area contributed by atoms with Gasteiger partial charge in [-0.1, -0.05) is 154 Å². The quantitative estimate of drug-likeness (QED) is 0.0775. The molecule has 11 rings (SSSR count). The van der Waals surface area contributed by atoms with E-state index in [9.17, 15) is 0 Å². The number of aromatic nitrogens is 2. The molecule has 5 nitrogen and oxygen atoms in total. The fourth-order valence-corrected chi connectivity index (χ4v) is 11.4. The number of para-hydroxylation sites is 3. The fourth-order valence-electron chi connectivity index (χ4n) is 11.4. The topological polar surface area (TPSA) is 27.1 Å². The summed E-state index contributed by atoms with van der Waals surface area (Å²) in [7, 11) is 0. The Kier molecular flexibility index (Phi) is 11.5. The number of benzene rings is 6. The third kappa shape index (κ3) is 7.34. The van der Waals surface area contributed by atoms with Gasteiger partial charge in [0.15, 0.2) is 12.4 Å². The van der Waals surface area contributed by atoms with Crippen LogP contribution in [-0.2, 0) is 26.5 Å². The van der Waals surface area contributed by atoms with Gasteiger partial charge >= 0.3 is 0 Å². The van der Waals surface area contributed by atoms with Crippen molar-refractivity contribution in [1.29, 1.82) is 0 Å². The Morgan fingerprint density at radius 2 is 1.37 bits per heavy atom. The predicted molar refractivity (Wildman–Crippen MR) is 275 cm³/mol. The van der Waals surface area contributed by atoms with E-state index in [2.05, 4.69) is 207 Å². The maximum Gasteiger partial charge on any atom is 0.225 e. The van der Waals surface area contributed by atoms with Gasteiger partial charge in [0.25, 0.3) is 0 Å². The maximum absolute atomic E-state index is 7.15.